The Morgan fingerprint density at radius 1 is 1.10 bits per heavy atom. The van der Waals surface area contributed by atoms with E-state index >= 15 is 0 Å². The summed E-state index contributed by atoms with van der Waals surface area (Å²) in [4.78, 5) is 14.8. The fourth-order valence-corrected chi connectivity index (χ4v) is 2.97. The van der Waals surface area contributed by atoms with Gasteiger partial charge in [0, 0.05) is 32.2 Å². The number of nitrogens with zero attached hydrogens (tertiary/aromatic N) is 1. The number of hydrogen-bond donors (Lipinski definition) is 1. The van der Waals surface area contributed by atoms with Crippen LogP contribution in [0.3, 0.4) is 0 Å². The van der Waals surface area contributed by atoms with Crippen molar-refractivity contribution < 1.29 is 34.7 Å². The van der Waals surface area contributed by atoms with E-state index in [9.17, 15) is 4.79 Å². The Morgan fingerprint density at radius 2 is 1.79 bits per heavy atom. The zero-order chi connectivity index (χ0) is 20.8. The van der Waals surface area contributed by atoms with E-state index in [0.717, 1.165) is 39.0 Å². The smallest absolute Gasteiger partial charge is 0.155 e. The summed E-state index contributed by atoms with van der Waals surface area (Å²) >= 11 is 0. The number of hydrogen-bond acceptors (Lipinski definition) is 4. The van der Waals surface area contributed by atoms with Crippen LogP contribution in [0.15, 0.2) is 48.2 Å². The molecule has 0 aliphatic heterocycles. The summed E-state index contributed by atoms with van der Waals surface area (Å²) < 4.78 is 5.29. The summed E-state index contributed by atoms with van der Waals surface area (Å²) in [7, 11) is 1.67. The van der Waals surface area contributed by atoms with Crippen LogP contribution in [0.1, 0.15) is 30.5 Å². The van der Waals surface area contributed by atoms with Gasteiger partial charge in [0.05, 0.1) is 18.4 Å². The van der Waals surface area contributed by atoms with Gasteiger partial charge >= 0.3 is 0 Å². The van der Waals surface area contributed by atoms with Crippen LogP contribution < -0.4 is 4.74 Å². The first-order chi connectivity index (χ1) is 13.2. The molecule has 0 saturated heterocycles. The number of aromatic nitrogens is 1. The molecule has 0 aliphatic carbocycles. The SMILES string of the molecule is CC(=O)/C=C(/C)O.COc1ccc2cc(C)c(-c3[c-]c(C)cc(C)c3)nc2c1.[Ir]. The molecule has 0 amide bonds. The number of benzene rings is 2. The fraction of sp³-hybridized carbons (Fsp3) is 0.250. The minimum atomic E-state index is -0.125. The Hall–Kier alpha value is -2.49. The molecule has 1 heterocycles. The van der Waals surface area contributed by atoms with Gasteiger partial charge in [0.25, 0.3) is 0 Å². The first-order valence-electron chi connectivity index (χ1n) is 9.03. The van der Waals surface area contributed by atoms with Crippen molar-refractivity contribution in [2.45, 2.75) is 34.6 Å². The molecule has 2 aromatic carbocycles. The number of aliphatic hydroxyl groups is 1. The molecule has 0 bridgehead atoms. The topological polar surface area (TPSA) is 59.4 Å². The largest absolute Gasteiger partial charge is 0.512 e. The van der Waals surface area contributed by atoms with E-state index in [1.165, 1.54) is 25.5 Å². The first-order valence-corrected chi connectivity index (χ1v) is 9.03. The predicted octanol–water partition coefficient (Wildman–Crippen LogP) is 5.67. The van der Waals surface area contributed by atoms with E-state index in [2.05, 4.69) is 45.0 Å². The molecule has 29 heavy (non-hydrogen) atoms. The molecule has 0 unspecified atom stereocenters. The summed E-state index contributed by atoms with van der Waals surface area (Å²) in [6, 6.07) is 15.8. The maximum atomic E-state index is 10.0. The Morgan fingerprint density at radius 3 is 2.31 bits per heavy atom. The van der Waals surface area contributed by atoms with Crippen LogP contribution in [-0.2, 0) is 24.9 Å². The fourth-order valence-electron chi connectivity index (χ4n) is 2.97. The molecule has 0 spiro atoms. The van der Waals surface area contributed by atoms with Gasteiger partial charge < -0.3 is 9.84 Å². The Balaban J connectivity index is 0.000000456. The van der Waals surface area contributed by atoms with Gasteiger partial charge in [-0.25, -0.2) is 0 Å². The number of methoxy groups -OCH3 is 1. The number of pyridine rings is 1. The van der Waals surface area contributed by atoms with Crippen molar-refractivity contribution in [2.24, 2.45) is 0 Å². The number of carbonyl (C=O) groups is 1. The zero-order valence-electron chi connectivity index (χ0n) is 17.6. The van der Waals surface area contributed by atoms with Crippen LogP contribution in [0.5, 0.6) is 5.75 Å². The van der Waals surface area contributed by atoms with Gasteiger partial charge in [0.2, 0.25) is 0 Å². The Labute approximate surface area is 186 Å². The van der Waals surface area contributed by atoms with Gasteiger partial charge in [0.15, 0.2) is 5.78 Å². The summed E-state index contributed by atoms with van der Waals surface area (Å²) in [5, 5.41) is 9.49. The van der Waals surface area contributed by atoms with Crippen LogP contribution >= 0.6 is 0 Å². The van der Waals surface area contributed by atoms with E-state index in [0.29, 0.717) is 0 Å². The minimum absolute atomic E-state index is 0. The molecule has 0 saturated carbocycles. The van der Waals surface area contributed by atoms with Gasteiger partial charge in [-0.1, -0.05) is 25.5 Å². The van der Waals surface area contributed by atoms with Gasteiger partial charge in [0.1, 0.15) is 5.75 Å². The van der Waals surface area contributed by atoms with Crippen molar-refractivity contribution in [3.8, 4) is 17.0 Å². The van der Waals surface area contributed by atoms with Crippen LogP contribution in [0.4, 0.5) is 0 Å². The molecule has 4 nitrogen and oxygen atoms in total. The van der Waals surface area contributed by atoms with Gasteiger partial charge in [-0.15, -0.1) is 34.9 Å². The van der Waals surface area contributed by atoms with E-state index in [1.54, 1.807) is 7.11 Å². The Bertz CT molecular complexity index is 1020. The normalized spacial score (nSPS) is 10.6. The molecule has 5 heteroatoms. The van der Waals surface area contributed by atoms with Gasteiger partial charge in [-0.3, -0.25) is 9.78 Å². The standard InChI is InChI=1S/C19H18NO.C5H8O2.Ir/c1-12-7-13(2)9-16(8-12)19-14(3)10-15-5-6-17(21-4)11-18(15)20-19;1-4(6)3-5(2)7;/h5-8,10-11H,1-4H3;3,6H,1-2H3;/q-1;;/b;4-3-;. The predicted molar refractivity (Wildman–Crippen MR) is 114 cm³/mol. The van der Waals surface area contributed by atoms with Crippen LogP contribution in [-0.4, -0.2) is 23.0 Å². The van der Waals surface area contributed by atoms with E-state index < -0.39 is 0 Å². The number of aliphatic hydroxyl groups excluding tert-OH is 1. The summed E-state index contributed by atoms with van der Waals surface area (Å²) in [5.41, 5.74) is 6.51. The van der Waals surface area contributed by atoms with Gasteiger partial charge in [-0.2, -0.15) is 0 Å². The molecule has 0 fully saturated rings. The zero-order valence-corrected chi connectivity index (χ0v) is 20.0. The third-order valence-electron chi connectivity index (χ3n) is 4.03. The van der Waals surface area contributed by atoms with Crippen molar-refractivity contribution in [3.63, 3.8) is 0 Å². The maximum Gasteiger partial charge on any atom is 0.155 e. The van der Waals surface area contributed by atoms with Crippen molar-refractivity contribution >= 4 is 16.7 Å². The average Bonchev–Trinajstić information content (AvgIpc) is 2.59. The molecule has 1 aromatic heterocycles. The summed E-state index contributed by atoms with van der Waals surface area (Å²) in [6.07, 6.45) is 1.17. The molecule has 3 aromatic rings. The van der Waals surface area contributed by atoms with Crippen LogP contribution in [0, 0.1) is 26.8 Å². The second kappa shape index (κ2) is 10.9. The molecule has 1 N–H and O–H groups in total. The molecule has 0 aliphatic rings. The minimum Gasteiger partial charge on any atom is -0.512 e. The molecular formula is C24H26IrNO3-. The third-order valence-corrected chi connectivity index (χ3v) is 4.03. The number of ether oxygens (including phenoxy) is 1. The van der Waals surface area contributed by atoms with Crippen molar-refractivity contribution in [2.75, 3.05) is 7.11 Å². The maximum absolute atomic E-state index is 10.0. The number of ketones is 1. The van der Waals surface area contributed by atoms with E-state index in [-0.39, 0.29) is 31.6 Å². The second-order valence-electron chi connectivity index (χ2n) is 6.86. The molecular weight excluding hydrogens is 542 g/mol. The first kappa shape index (κ1) is 24.5. The summed E-state index contributed by atoms with van der Waals surface area (Å²) in [6.45, 7) is 9.11. The van der Waals surface area contributed by atoms with Gasteiger partial charge in [-0.05, 0) is 44.0 Å². The van der Waals surface area contributed by atoms with E-state index in [1.807, 2.05) is 18.2 Å². The number of aryl methyl sites for hydroxylation is 3. The van der Waals surface area contributed by atoms with Crippen molar-refractivity contribution in [3.05, 3.63) is 71.0 Å². The Kier molecular flexibility index (Phi) is 9.22. The molecule has 3 rings (SSSR count). The quantitative estimate of drug-likeness (QED) is 0.251. The molecule has 155 valence electrons. The van der Waals surface area contributed by atoms with Crippen molar-refractivity contribution in [1.29, 1.82) is 0 Å². The number of carbonyl (C=O) groups excluding carboxylic acids is 1. The van der Waals surface area contributed by atoms with Crippen LogP contribution in [0.2, 0.25) is 0 Å². The van der Waals surface area contributed by atoms with Crippen LogP contribution in [0.25, 0.3) is 22.2 Å². The van der Waals surface area contributed by atoms with Crippen molar-refractivity contribution in [1.82, 2.24) is 4.98 Å². The van der Waals surface area contributed by atoms with E-state index in [4.69, 9.17) is 14.8 Å². The summed E-state index contributed by atoms with van der Waals surface area (Å²) in [5.74, 6) is 0.765. The molecule has 0 atom stereocenters. The number of fused-ring (bicyclic) bond motifs is 1. The number of rotatable bonds is 3. The average molecular weight is 569 g/mol. The third kappa shape index (κ3) is 7.12. The monoisotopic (exact) mass is 569 g/mol. The molecule has 1 radical (unpaired) electrons. The second-order valence-corrected chi connectivity index (χ2v) is 6.86. The number of allylic oxidation sites excluding steroid dienone is 2.